The largest absolute Gasteiger partial charge is 0.289 e. The van der Waals surface area contributed by atoms with Crippen molar-refractivity contribution in [2.75, 3.05) is 0 Å². The summed E-state index contributed by atoms with van der Waals surface area (Å²) in [6, 6.07) is 20.9. The number of benzene rings is 2. The van der Waals surface area contributed by atoms with E-state index in [4.69, 9.17) is 0 Å². The Balaban J connectivity index is 1.89. The molecule has 3 rings (SSSR count). The van der Waals surface area contributed by atoms with Crippen LogP contribution in [0.3, 0.4) is 0 Å². The van der Waals surface area contributed by atoms with E-state index >= 15 is 0 Å². The normalized spacial score (nSPS) is 10.2. The van der Waals surface area contributed by atoms with Crippen molar-refractivity contribution < 1.29 is 4.79 Å². The maximum absolute atomic E-state index is 12.3. The summed E-state index contributed by atoms with van der Waals surface area (Å²) in [6.07, 6.45) is 3.52. The van der Waals surface area contributed by atoms with Gasteiger partial charge in [-0.15, -0.1) is 0 Å². The molecule has 0 aliphatic heterocycles. The Morgan fingerprint density at radius 2 is 1.20 bits per heavy atom. The molecule has 0 radical (unpaired) electrons. The number of pyridine rings is 1. The monoisotopic (exact) mass is 259 g/mol. The molecule has 0 aliphatic rings. The van der Waals surface area contributed by atoms with Crippen molar-refractivity contribution in [2.24, 2.45) is 0 Å². The topological polar surface area (TPSA) is 30.0 Å². The van der Waals surface area contributed by atoms with Crippen molar-refractivity contribution in [1.82, 2.24) is 4.98 Å². The van der Waals surface area contributed by atoms with E-state index in [1.54, 1.807) is 12.4 Å². The van der Waals surface area contributed by atoms with E-state index in [0.29, 0.717) is 11.1 Å². The Kier molecular flexibility index (Phi) is 3.38. The molecule has 0 unspecified atom stereocenters. The first-order valence-electron chi connectivity index (χ1n) is 6.45. The average molecular weight is 259 g/mol. The second-order valence-corrected chi connectivity index (χ2v) is 4.51. The first kappa shape index (κ1) is 12.3. The van der Waals surface area contributed by atoms with E-state index < -0.39 is 0 Å². The van der Waals surface area contributed by atoms with Gasteiger partial charge in [0, 0.05) is 23.5 Å². The molecule has 0 aliphatic carbocycles. The summed E-state index contributed by atoms with van der Waals surface area (Å²) in [5.74, 6) is 0.0480. The third kappa shape index (κ3) is 2.50. The summed E-state index contributed by atoms with van der Waals surface area (Å²) < 4.78 is 0. The highest BCUT2D eigenvalue weighted by Crippen LogP contribution is 2.19. The lowest BCUT2D eigenvalue weighted by atomic mass is 10.00. The van der Waals surface area contributed by atoms with Crippen LogP contribution in [0, 0.1) is 0 Å². The van der Waals surface area contributed by atoms with Gasteiger partial charge < -0.3 is 0 Å². The zero-order valence-corrected chi connectivity index (χ0v) is 10.9. The molecule has 0 fully saturated rings. The van der Waals surface area contributed by atoms with Crippen LogP contribution >= 0.6 is 0 Å². The molecular formula is C18H13NO. The van der Waals surface area contributed by atoms with Gasteiger partial charge in [0.25, 0.3) is 0 Å². The van der Waals surface area contributed by atoms with Crippen LogP contribution in [0.4, 0.5) is 0 Å². The lowest BCUT2D eigenvalue weighted by Gasteiger charge is -2.04. The van der Waals surface area contributed by atoms with Crippen molar-refractivity contribution in [3.05, 3.63) is 90.3 Å². The standard InChI is InChI=1S/C18H13NO/c20-18(16-4-2-1-3-5-16)17-8-6-14(7-9-17)15-10-12-19-13-11-15/h1-13H. The molecule has 2 heteroatoms. The number of nitrogens with zero attached hydrogens (tertiary/aromatic N) is 1. The second kappa shape index (κ2) is 5.49. The van der Waals surface area contributed by atoms with Crippen LogP contribution in [0.2, 0.25) is 0 Å². The van der Waals surface area contributed by atoms with Crippen molar-refractivity contribution in [1.29, 1.82) is 0 Å². The number of carbonyl (C=O) groups excluding carboxylic acids is 1. The van der Waals surface area contributed by atoms with Crippen molar-refractivity contribution >= 4 is 5.78 Å². The molecule has 0 amide bonds. The summed E-state index contributed by atoms with van der Waals surface area (Å²) in [7, 11) is 0. The fourth-order valence-electron chi connectivity index (χ4n) is 2.11. The first-order valence-corrected chi connectivity index (χ1v) is 6.45. The molecule has 0 saturated carbocycles. The lowest BCUT2D eigenvalue weighted by Crippen LogP contribution is -2.00. The quantitative estimate of drug-likeness (QED) is 0.666. The van der Waals surface area contributed by atoms with Gasteiger partial charge >= 0.3 is 0 Å². The Hall–Kier alpha value is -2.74. The van der Waals surface area contributed by atoms with Gasteiger partial charge in [-0.3, -0.25) is 9.78 Å². The van der Waals surface area contributed by atoms with Gasteiger partial charge in [0.2, 0.25) is 0 Å². The van der Waals surface area contributed by atoms with Gasteiger partial charge in [-0.1, -0.05) is 54.6 Å². The van der Waals surface area contributed by atoms with E-state index in [-0.39, 0.29) is 5.78 Å². The van der Waals surface area contributed by atoms with Gasteiger partial charge in [0.15, 0.2) is 5.78 Å². The molecule has 2 aromatic carbocycles. The predicted octanol–water partition coefficient (Wildman–Crippen LogP) is 3.98. The molecule has 3 aromatic rings. The van der Waals surface area contributed by atoms with E-state index in [2.05, 4.69) is 4.98 Å². The van der Waals surface area contributed by atoms with Crippen LogP contribution in [-0.4, -0.2) is 10.8 Å². The zero-order chi connectivity index (χ0) is 13.8. The van der Waals surface area contributed by atoms with Crippen LogP contribution in [0.5, 0.6) is 0 Å². The molecule has 1 heterocycles. The fourth-order valence-corrected chi connectivity index (χ4v) is 2.11. The van der Waals surface area contributed by atoms with E-state index in [1.807, 2.05) is 66.7 Å². The van der Waals surface area contributed by atoms with Crippen molar-refractivity contribution in [3.8, 4) is 11.1 Å². The minimum absolute atomic E-state index is 0.0480. The SMILES string of the molecule is O=C(c1ccccc1)c1ccc(-c2ccncc2)cc1. The van der Waals surface area contributed by atoms with Gasteiger partial charge in [-0.05, 0) is 23.3 Å². The number of hydrogen-bond acceptors (Lipinski definition) is 2. The summed E-state index contributed by atoms with van der Waals surface area (Å²) in [4.78, 5) is 16.3. The predicted molar refractivity (Wildman–Crippen MR) is 79.5 cm³/mol. The number of aromatic nitrogens is 1. The van der Waals surface area contributed by atoms with Crippen molar-refractivity contribution in [3.63, 3.8) is 0 Å². The molecule has 0 spiro atoms. The van der Waals surface area contributed by atoms with Crippen LogP contribution in [-0.2, 0) is 0 Å². The number of carbonyl (C=O) groups is 1. The number of hydrogen-bond donors (Lipinski definition) is 0. The summed E-state index contributed by atoms with van der Waals surface area (Å²) in [5.41, 5.74) is 3.59. The van der Waals surface area contributed by atoms with Crippen LogP contribution in [0.1, 0.15) is 15.9 Å². The van der Waals surface area contributed by atoms with Crippen LogP contribution in [0.25, 0.3) is 11.1 Å². The first-order chi connectivity index (χ1) is 9.84. The highest BCUT2D eigenvalue weighted by molar-refractivity contribution is 6.09. The molecule has 2 nitrogen and oxygen atoms in total. The fraction of sp³-hybridized carbons (Fsp3) is 0. The maximum atomic E-state index is 12.3. The summed E-state index contributed by atoms with van der Waals surface area (Å²) >= 11 is 0. The Labute approximate surface area is 117 Å². The van der Waals surface area contributed by atoms with Crippen molar-refractivity contribution in [2.45, 2.75) is 0 Å². The molecule has 0 N–H and O–H groups in total. The van der Waals surface area contributed by atoms with Gasteiger partial charge in [-0.2, -0.15) is 0 Å². The van der Waals surface area contributed by atoms with Gasteiger partial charge in [0.1, 0.15) is 0 Å². The molecule has 20 heavy (non-hydrogen) atoms. The highest BCUT2D eigenvalue weighted by atomic mass is 16.1. The molecular weight excluding hydrogens is 246 g/mol. The summed E-state index contributed by atoms with van der Waals surface area (Å²) in [5, 5.41) is 0. The third-order valence-electron chi connectivity index (χ3n) is 3.20. The van der Waals surface area contributed by atoms with Crippen LogP contribution in [0.15, 0.2) is 79.1 Å². The minimum atomic E-state index is 0.0480. The Bertz CT molecular complexity index is 703. The second-order valence-electron chi connectivity index (χ2n) is 4.51. The van der Waals surface area contributed by atoms with Gasteiger partial charge in [-0.25, -0.2) is 0 Å². The number of ketones is 1. The third-order valence-corrected chi connectivity index (χ3v) is 3.20. The molecule has 96 valence electrons. The van der Waals surface area contributed by atoms with Gasteiger partial charge in [0.05, 0.1) is 0 Å². The number of rotatable bonds is 3. The van der Waals surface area contributed by atoms with E-state index in [9.17, 15) is 4.79 Å². The molecule has 1 aromatic heterocycles. The Morgan fingerprint density at radius 3 is 1.85 bits per heavy atom. The van der Waals surface area contributed by atoms with E-state index in [1.165, 1.54) is 0 Å². The highest BCUT2D eigenvalue weighted by Gasteiger charge is 2.08. The lowest BCUT2D eigenvalue weighted by molar-refractivity contribution is 0.103. The zero-order valence-electron chi connectivity index (χ0n) is 10.9. The molecule has 0 saturated heterocycles. The average Bonchev–Trinajstić information content (AvgIpc) is 2.56. The van der Waals surface area contributed by atoms with Crippen LogP contribution < -0.4 is 0 Å². The molecule has 0 atom stereocenters. The smallest absolute Gasteiger partial charge is 0.193 e. The summed E-state index contributed by atoms with van der Waals surface area (Å²) in [6.45, 7) is 0. The Morgan fingerprint density at radius 1 is 0.650 bits per heavy atom. The molecule has 0 bridgehead atoms. The maximum Gasteiger partial charge on any atom is 0.193 e. The van der Waals surface area contributed by atoms with E-state index in [0.717, 1.165) is 11.1 Å². The minimum Gasteiger partial charge on any atom is -0.289 e.